The summed E-state index contributed by atoms with van der Waals surface area (Å²) < 4.78 is 0.968. The zero-order valence-electron chi connectivity index (χ0n) is 10.9. The van der Waals surface area contributed by atoms with E-state index in [1.807, 2.05) is 30.3 Å². The molecule has 1 heterocycles. The van der Waals surface area contributed by atoms with Crippen molar-refractivity contribution in [3.05, 3.63) is 63.9 Å². The van der Waals surface area contributed by atoms with E-state index in [1.165, 1.54) is 12.4 Å². The average molecular weight is 330 g/mol. The van der Waals surface area contributed by atoms with Crippen molar-refractivity contribution in [1.29, 1.82) is 5.26 Å². The molecule has 0 aliphatic rings. The zero-order valence-corrected chi connectivity index (χ0v) is 12.5. The SMILES string of the molecule is CN(Cc1cccc(Br)c1)C(=O)c1cnccc1C#N. The average Bonchev–Trinajstić information content (AvgIpc) is 2.46. The summed E-state index contributed by atoms with van der Waals surface area (Å²) in [4.78, 5) is 17.8. The summed E-state index contributed by atoms with van der Waals surface area (Å²) in [5, 5.41) is 9.02. The van der Waals surface area contributed by atoms with E-state index < -0.39 is 0 Å². The van der Waals surface area contributed by atoms with Crippen LogP contribution in [0.15, 0.2) is 47.2 Å². The summed E-state index contributed by atoms with van der Waals surface area (Å²) in [5.41, 5.74) is 1.68. The van der Waals surface area contributed by atoms with Gasteiger partial charge < -0.3 is 4.90 Å². The third kappa shape index (κ3) is 3.22. The van der Waals surface area contributed by atoms with E-state index in [1.54, 1.807) is 18.0 Å². The van der Waals surface area contributed by atoms with Crippen molar-refractivity contribution in [1.82, 2.24) is 9.88 Å². The Morgan fingerprint density at radius 1 is 1.45 bits per heavy atom. The van der Waals surface area contributed by atoms with Gasteiger partial charge in [-0.1, -0.05) is 28.1 Å². The number of hydrogen-bond acceptors (Lipinski definition) is 3. The first-order valence-electron chi connectivity index (χ1n) is 5.96. The molecule has 0 N–H and O–H groups in total. The second-order valence-electron chi connectivity index (χ2n) is 4.32. The fourth-order valence-electron chi connectivity index (χ4n) is 1.85. The number of nitriles is 1. The maximum Gasteiger partial charge on any atom is 0.256 e. The summed E-state index contributed by atoms with van der Waals surface area (Å²) in [7, 11) is 1.71. The standard InChI is InChI=1S/C15H12BrN3O/c1-19(10-11-3-2-4-13(16)7-11)15(20)14-9-18-6-5-12(14)8-17/h2-7,9H,10H2,1H3. The largest absolute Gasteiger partial charge is 0.337 e. The highest BCUT2D eigenvalue weighted by Crippen LogP contribution is 2.15. The van der Waals surface area contributed by atoms with Crippen molar-refractivity contribution in [2.75, 3.05) is 7.05 Å². The normalized spacial score (nSPS) is 9.85. The van der Waals surface area contributed by atoms with Crippen LogP contribution in [-0.2, 0) is 6.54 Å². The molecule has 1 aromatic carbocycles. The third-order valence-corrected chi connectivity index (χ3v) is 3.32. The number of nitrogens with zero attached hydrogens (tertiary/aromatic N) is 3. The molecule has 0 bridgehead atoms. The quantitative estimate of drug-likeness (QED) is 0.869. The first kappa shape index (κ1) is 14.2. The van der Waals surface area contributed by atoms with Crippen LogP contribution in [0.3, 0.4) is 0 Å². The molecule has 0 aliphatic carbocycles. The molecule has 5 heteroatoms. The molecule has 0 fully saturated rings. The lowest BCUT2D eigenvalue weighted by Crippen LogP contribution is -2.27. The molecular weight excluding hydrogens is 318 g/mol. The predicted molar refractivity (Wildman–Crippen MR) is 78.9 cm³/mol. The van der Waals surface area contributed by atoms with Gasteiger partial charge in [0.15, 0.2) is 0 Å². The highest BCUT2D eigenvalue weighted by atomic mass is 79.9. The summed E-state index contributed by atoms with van der Waals surface area (Å²) >= 11 is 3.40. The summed E-state index contributed by atoms with van der Waals surface area (Å²) in [5.74, 6) is -0.213. The fourth-order valence-corrected chi connectivity index (χ4v) is 2.30. The van der Waals surface area contributed by atoms with E-state index in [9.17, 15) is 4.79 Å². The van der Waals surface area contributed by atoms with Gasteiger partial charge in [-0.05, 0) is 23.8 Å². The maximum absolute atomic E-state index is 12.3. The first-order valence-corrected chi connectivity index (χ1v) is 6.75. The monoisotopic (exact) mass is 329 g/mol. The van der Waals surface area contributed by atoms with Gasteiger partial charge in [0.2, 0.25) is 0 Å². The molecule has 0 aliphatic heterocycles. The molecule has 100 valence electrons. The number of pyridine rings is 1. The molecule has 1 amide bonds. The van der Waals surface area contributed by atoms with Crippen molar-refractivity contribution < 1.29 is 4.79 Å². The molecule has 2 aromatic rings. The number of halogens is 1. The highest BCUT2D eigenvalue weighted by Gasteiger charge is 2.16. The fraction of sp³-hybridized carbons (Fsp3) is 0.133. The molecule has 0 atom stereocenters. The van der Waals surface area contributed by atoms with Gasteiger partial charge in [-0.25, -0.2) is 0 Å². The minimum atomic E-state index is -0.213. The smallest absolute Gasteiger partial charge is 0.256 e. The van der Waals surface area contributed by atoms with E-state index in [2.05, 4.69) is 20.9 Å². The number of benzene rings is 1. The summed E-state index contributed by atoms with van der Waals surface area (Å²) in [6.07, 6.45) is 2.93. The van der Waals surface area contributed by atoms with E-state index in [4.69, 9.17) is 5.26 Å². The number of aromatic nitrogens is 1. The molecule has 1 aromatic heterocycles. The van der Waals surface area contributed by atoms with Crippen LogP contribution in [0.25, 0.3) is 0 Å². The number of rotatable bonds is 3. The highest BCUT2D eigenvalue weighted by molar-refractivity contribution is 9.10. The Morgan fingerprint density at radius 2 is 2.25 bits per heavy atom. The molecule has 0 spiro atoms. The van der Waals surface area contributed by atoms with Gasteiger partial charge in [-0.3, -0.25) is 9.78 Å². The Kier molecular flexibility index (Phi) is 4.49. The topological polar surface area (TPSA) is 57.0 Å². The maximum atomic E-state index is 12.3. The zero-order chi connectivity index (χ0) is 14.5. The van der Waals surface area contributed by atoms with Gasteiger partial charge in [-0.2, -0.15) is 5.26 Å². The van der Waals surface area contributed by atoms with Crippen molar-refractivity contribution >= 4 is 21.8 Å². The van der Waals surface area contributed by atoms with Crippen LogP contribution in [0.1, 0.15) is 21.5 Å². The van der Waals surface area contributed by atoms with E-state index in [-0.39, 0.29) is 5.91 Å². The molecule has 20 heavy (non-hydrogen) atoms. The van der Waals surface area contributed by atoms with E-state index in [0.29, 0.717) is 17.7 Å². The Bertz CT molecular complexity index is 679. The van der Waals surface area contributed by atoms with Crippen molar-refractivity contribution in [2.45, 2.75) is 6.54 Å². The number of amides is 1. The first-order chi connectivity index (χ1) is 9.61. The molecule has 0 saturated carbocycles. The summed E-state index contributed by atoms with van der Waals surface area (Å²) in [6, 6.07) is 11.3. The number of hydrogen-bond donors (Lipinski definition) is 0. The van der Waals surface area contributed by atoms with Crippen LogP contribution in [-0.4, -0.2) is 22.8 Å². The van der Waals surface area contributed by atoms with Gasteiger partial charge in [0, 0.05) is 30.5 Å². The lowest BCUT2D eigenvalue weighted by molar-refractivity contribution is 0.0784. The second kappa shape index (κ2) is 6.31. The predicted octanol–water partition coefficient (Wildman–Crippen LogP) is 2.99. The Labute approximate surface area is 125 Å². The van der Waals surface area contributed by atoms with Crippen molar-refractivity contribution in [2.24, 2.45) is 0 Å². The lowest BCUT2D eigenvalue weighted by atomic mass is 10.1. The molecular formula is C15H12BrN3O. The molecule has 2 rings (SSSR count). The van der Waals surface area contributed by atoms with E-state index in [0.717, 1.165) is 10.0 Å². The third-order valence-electron chi connectivity index (χ3n) is 2.83. The number of carbonyl (C=O) groups is 1. The van der Waals surface area contributed by atoms with Crippen LogP contribution in [0.2, 0.25) is 0 Å². The summed E-state index contributed by atoms with van der Waals surface area (Å²) in [6.45, 7) is 0.470. The van der Waals surface area contributed by atoms with E-state index >= 15 is 0 Å². The van der Waals surface area contributed by atoms with Crippen LogP contribution in [0.5, 0.6) is 0 Å². The Morgan fingerprint density at radius 3 is 2.95 bits per heavy atom. The van der Waals surface area contributed by atoms with Crippen molar-refractivity contribution in [3.8, 4) is 6.07 Å². The van der Waals surface area contributed by atoms with Crippen LogP contribution < -0.4 is 0 Å². The number of carbonyl (C=O) groups excluding carboxylic acids is 1. The van der Waals surface area contributed by atoms with Crippen molar-refractivity contribution in [3.63, 3.8) is 0 Å². The Balaban J connectivity index is 2.19. The molecule has 0 radical (unpaired) electrons. The molecule has 0 saturated heterocycles. The van der Waals surface area contributed by atoms with Crippen LogP contribution in [0.4, 0.5) is 0 Å². The Hall–Kier alpha value is -2.19. The minimum Gasteiger partial charge on any atom is -0.337 e. The molecule has 0 unspecified atom stereocenters. The van der Waals surface area contributed by atoms with Crippen LogP contribution in [0, 0.1) is 11.3 Å². The van der Waals surface area contributed by atoms with Gasteiger partial charge in [0.05, 0.1) is 11.1 Å². The van der Waals surface area contributed by atoms with Gasteiger partial charge >= 0.3 is 0 Å². The van der Waals surface area contributed by atoms with Crippen LogP contribution >= 0.6 is 15.9 Å². The second-order valence-corrected chi connectivity index (χ2v) is 5.24. The molecule has 4 nitrogen and oxygen atoms in total. The lowest BCUT2D eigenvalue weighted by Gasteiger charge is -2.17. The van der Waals surface area contributed by atoms with Gasteiger partial charge in [0.1, 0.15) is 6.07 Å². The minimum absolute atomic E-state index is 0.213. The van der Waals surface area contributed by atoms with Gasteiger partial charge in [0.25, 0.3) is 5.91 Å². The van der Waals surface area contributed by atoms with Gasteiger partial charge in [-0.15, -0.1) is 0 Å².